The number of allylic oxidation sites excluding steroid dienone is 2. The van der Waals surface area contributed by atoms with Crippen molar-refractivity contribution in [2.24, 2.45) is 0 Å². The molecule has 0 fully saturated rings. The van der Waals surface area contributed by atoms with Gasteiger partial charge in [-0.05, 0) is 53.8 Å². The van der Waals surface area contributed by atoms with E-state index in [0.29, 0.717) is 54.1 Å². The molecule has 0 spiro atoms. The average molecular weight is 660 g/mol. The summed E-state index contributed by atoms with van der Waals surface area (Å²) in [5, 5.41) is 0.542. The Balaban J connectivity index is 1.52. The van der Waals surface area contributed by atoms with Crippen LogP contribution in [0.4, 0.5) is 5.69 Å². The number of aromatic nitrogens is 1. The lowest BCUT2D eigenvalue weighted by molar-refractivity contribution is -0.677. The molecule has 44 heavy (non-hydrogen) atoms. The van der Waals surface area contributed by atoms with Crippen molar-refractivity contribution in [3.8, 4) is 16.9 Å². The first kappa shape index (κ1) is 31.9. The first-order chi connectivity index (χ1) is 21.1. The van der Waals surface area contributed by atoms with E-state index in [1.807, 2.05) is 77.1 Å². The van der Waals surface area contributed by atoms with Gasteiger partial charge in [0.25, 0.3) is 15.6 Å². The SMILES string of the molecule is CCC(=Cc1oc2ccc(-c3ccccc3)cc2[n+]1CCCS(=O)(=O)O)C=C1Oc2ccc(Cl)cc2N1CCCOS(=O)O. The van der Waals surface area contributed by atoms with Gasteiger partial charge in [0.2, 0.25) is 11.5 Å². The molecular weight excluding hydrogens is 628 g/mol. The standard InChI is InChI=1S/C31H31ClN2O8S2/c1-2-22(18-30-33(14-6-16-40-43(35)36)27-21-25(32)11-13-29(27)42-30)19-31-34(15-7-17-44(37,38)39)26-20-24(10-12-28(26)41-31)23-8-4-3-5-9-23/h3-5,8-13,18-21H,2,6-7,14-17H2,1H3,(H-,35,36,37,38,39)/p+1. The molecule has 5 rings (SSSR count). The third-order valence-corrected chi connectivity index (χ3v) is 8.46. The molecule has 0 amide bonds. The van der Waals surface area contributed by atoms with Crippen LogP contribution >= 0.6 is 11.6 Å². The number of aryl methyl sites for hydroxylation is 1. The number of hydrogen-bond acceptors (Lipinski definition) is 7. The van der Waals surface area contributed by atoms with Crippen LogP contribution in [0.3, 0.4) is 0 Å². The minimum Gasteiger partial charge on any atom is -0.439 e. The van der Waals surface area contributed by atoms with Crippen LogP contribution in [0.2, 0.25) is 5.02 Å². The van der Waals surface area contributed by atoms with Crippen molar-refractivity contribution >= 4 is 55.9 Å². The summed E-state index contributed by atoms with van der Waals surface area (Å²) in [6.45, 7) is 2.81. The number of ether oxygens (including phenoxy) is 1. The largest absolute Gasteiger partial charge is 0.439 e. The van der Waals surface area contributed by atoms with Crippen LogP contribution in [-0.4, -0.2) is 40.6 Å². The monoisotopic (exact) mass is 659 g/mol. The Morgan fingerprint density at radius 3 is 2.61 bits per heavy atom. The highest BCUT2D eigenvalue weighted by atomic mass is 35.5. The second-order valence-corrected chi connectivity index (χ2v) is 12.8. The number of hydrogen-bond donors (Lipinski definition) is 2. The summed E-state index contributed by atoms with van der Waals surface area (Å²) in [5.41, 5.74) is 5.07. The van der Waals surface area contributed by atoms with Gasteiger partial charge in [0.05, 0.1) is 24.1 Å². The van der Waals surface area contributed by atoms with Crippen molar-refractivity contribution in [1.29, 1.82) is 0 Å². The molecule has 1 aromatic heterocycles. The first-order valence-electron chi connectivity index (χ1n) is 14.0. The molecule has 0 saturated heterocycles. The molecule has 1 atom stereocenters. The van der Waals surface area contributed by atoms with Crippen LogP contribution in [0.5, 0.6) is 5.75 Å². The van der Waals surface area contributed by atoms with E-state index in [4.69, 9.17) is 29.5 Å². The van der Waals surface area contributed by atoms with Crippen LogP contribution < -0.4 is 14.2 Å². The average Bonchev–Trinajstić information content (AvgIpc) is 3.50. The number of rotatable bonds is 13. The summed E-state index contributed by atoms with van der Waals surface area (Å²) in [4.78, 5) is 1.93. The molecule has 2 heterocycles. The fourth-order valence-electron chi connectivity index (χ4n) is 4.98. The first-order valence-corrected chi connectivity index (χ1v) is 17.0. The molecule has 0 aliphatic carbocycles. The molecule has 0 saturated carbocycles. The summed E-state index contributed by atoms with van der Waals surface area (Å²) in [5.74, 6) is 1.30. The maximum absolute atomic E-state index is 11.5. The highest BCUT2D eigenvalue weighted by molar-refractivity contribution is 7.85. The third-order valence-electron chi connectivity index (χ3n) is 7.05. The Morgan fingerprint density at radius 1 is 1.09 bits per heavy atom. The number of nitrogens with zero attached hydrogens (tertiary/aromatic N) is 2. The van der Waals surface area contributed by atoms with Crippen molar-refractivity contribution in [2.75, 3.05) is 23.8 Å². The molecule has 1 unspecified atom stereocenters. The van der Waals surface area contributed by atoms with Crippen molar-refractivity contribution in [3.05, 3.63) is 95.2 Å². The molecule has 10 nitrogen and oxygen atoms in total. The van der Waals surface area contributed by atoms with E-state index in [9.17, 15) is 17.2 Å². The quantitative estimate of drug-likeness (QED) is 0.0725. The minimum absolute atomic E-state index is 0.0762. The molecule has 13 heteroatoms. The zero-order chi connectivity index (χ0) is 31.3. The lowest BCUT2D eigenvalue weighted by Gasteiger charge is -2.18. The van der Waals surface area contributed by atoms with Gasteiger partial charge in [-0.15, -0.1) is 0 Å². The van der Waals surface area contributed by atoms with Gasteiger partial charge in [0.1, 0.15) is 0 Å². The van der Waals surface area contributed by atoms with E-state index in [1.54, 1.807) is 18.2 Å². The summed E-state index contributed by atoms with van der Waals surface area (Å²) in [7, 11) is -4.13. The lowest BCUT2D eigenvalue weighted by atomic mass is 10.1. The van der Waals surface area contributed by atoms with Crippen LogP contribution in [0, 0.1) is 0 Å². The highest BCUT2D eigenvalue weighted by Crippen LogP contribution is 2.41. The Morgan fingerprint density at radius 2 is 1.89 bits per heavy atom. The van der Waals surface area contributed by atoms with Gasteiger partial charge in [-0.3, -0.25) is 13.3 Å². The highest BCUT2D eigenvalue weighted by Gasteiger charge is 2.28. The number of benzene rings is 3. The maximum atomic E-state index is 11.5. The van der Waals surface area contributed by atoms with E-state index >= 15 is 0 Å². The molecule has 0 bridgehead atoms. The van der Waals surface area contributed by atoms with E-state index < -0.39 is 21.5 Å². The Labute approximate surface area is 263 Å². The lowest BCUT2D eigenvalue weighted by Crippen LogP contribution is -2.36. The number of fused-ring (bicyclic) bond motifs is 2. The zero-order valence-corrected chi connectivity index (χ0v) is 26.3. The van der Waals surface area contributed by atoms with Crippen molar-refractivity contribution in [1.82, 2.24) is 0 Å². The summed E-state index contributed by atoms with van der Waals surface area (Å²) < 4.78 is 71.3. The van der Waals surface area contributed by atoms with Crippen molar-refractivity contribution in [2.45, 2.75) is 32.7 Å². The van der Waals surface area contributed by atoms with E-state index in [1.165, 1.54) is 0 Å². The van der Waals surface area contributed by atoms with Gasteiger partial charge in [-0.2, -0.15) is 17.2 Å². The van der Waals surface area contributed by atoms with Crippen molar-refractivity contribution in [3.63, 3.8) is 0 Å². The molecular formula is C31H32ClN2O8S2+. The van der Waals surface area contributed by atoms with E-state index in [-0.39, 0.29) is 18.8 Å². The number of halogens is 1. The van der Waals surface area contributed by atoms with Gasteiger partial charge >= 0.3 is 17.3 Å². The second-order valence-electron chi connectivity index (χ2n) is 10.1. The minimum atomic E-state index is -4.13. The molecule has 3 aromatic carbocycles. The maximum Gasteiger partial charge on any atom is 0.374 e. The van der Waals surface area contributed by atoms with Gasteiger partial charge in [-0.1, -0.05) is 54.9 Å². The van der Waals surface area contributed by atoms with Crippen LogP contribution in [0.25, 0.3) is 28.3 Å². The van der Waals surface area contributed by atoms with Gasteiger partial charge in [0, 0.05) is 30.1 Å². The Bertz CT molecular complexity index is 1840. The number of anilines is 1. The van der Waals surface area contributed by atoms with Crippen LogP contribution in [-0.2, 0) is 32.2 Å². The van der Waals surface area contributed by atoms with E-state index in [2.05, 4.69) is 0 Å². The van der Waals surface area contributed by atoms with Gasteiger partial charge in [-0.25, -0.2) is 0 Å². The third kappa shape index (κ3) is 7.95. The number of oxazole rings is 1. The zero-order valence-electron chi connectivity index (χ0n) is 23.9. The molecule has 232 valence electrons. The van der Waals surface area contributed by atoms with Gasteiger partial charge in [0.15, 0.2) is 12.3 Å². The van der Waals surface area contributed by atoms with E-state index in [0.717, 1.165) is 27.9 Å². The fourth-order valence-corrected chi connectivity index (χ4v) is 5.90. The molecule has 0 radical (unpaired) electrons. The Kier molecular flexibility index (Phi) is 10.2. The van der Waals surface area contributed by atoms with Crippen LogP contribution in [0.1, 0.15) is 32.1 Å². The second kappa shape index (κ2) is 14.1. The normalized spacial score (nSPS) is 15.1. The molecule has 1 aliphatic heterocycles. The van der Waals surface area contributed by atoms with Gasteiger partial charge < -0.3 is 14.1 Å². The van der Waals surface area contributed by atoms with Crippen molar-refractivity contribution < 1.29 is 39.6 Å². The smallest absolute Gasteiger partial charge is 0.374 e. The fraction of sp³-hybridized carbons (Fsp3) is 0.258. The van der Waals surface area contributed by atoms with Crippen LogP contribution in [0.15, 0.2) is 88.7 Å². The molecule has 1 aliphatic rings. The molecule has 2 N–H and O–H groups in total. The summed E-state index contributed by atoms with van der Waals surface area (Å²) in [6.07, 6.45) is 5.03. The molecule has 4 aromatic rings. The predicted octanol–water partition coefficient (Wildman–Crippen LogP) is 6.40. The summed E-state index contributed by atoms with van der Waals surface area (Å²) in [6, 6.07) is 21.1. The Hall–Kier alpha value is -3.52. The predicted molar refractivity (Wildman–Crippen MR) is 170 cm³/mol. The topological polar surface area (TPSA) is 130 Å². The summed E-state index contributed by atoms with van der Waals surface area (Å²) >= 11 is 3.93.